The maximum Gasteiger partial charge on any atom is 0.238 e. The normalized spacial score (nSPS) is 11.6. The highest BCUT2D eigenvalue weighted by atomic mass is 16.3. The molecule has 21 rings (SSSR count). The molecule has 0 fully saturated rings. The standard InChI is InChI=1S/C51H32N4O.C45H28N4O/c1-4-12-33(13-5-1)35-20-22-37(23-21-35)50-52-49(36-16-8-3-9-17-36)53-51(54-50)55-45-19-11-10-18-41(45)42-30-39(24-27-46(42)55)40-26-29-48-44(32-40)43-31-38(25-28-47(43)56-48)34-14-6-2-7-15-34;1-4-12-29(13-5-1)34-20-23-35-37-26-32(33-22-25-42-38(27-33)36-18-10-11-19-41(36)50-42)21-24-39(37)49(40(35)28-34)45-47-43(30-14-6-2-7-15-30)46-44(48-45)31-16-8-3-9-17-31/h1-32H;1-28H. The van der Waals surface area contributed by atoms with Crippen molar-refractivity contribution in [1.82, 2.24) is 39.0 Å². The van der Waals surface area contributed by atoms with Crippen molar-refractivity contribution in [2.75, 3.05) is 0 Å². The van der Waals surface area contributed by atoms with Gasteiger partial charge >= 0.3 is 0 Å². The van der Waals surface area contributed by atoms with Gasteiger partial charge in [-0.2, -0.15) is 19.9 Å². The van der Waals surface area contributed by atoms with Gasteiger partial charge in [0, 0.05) is 65.3 Å². The van der Waals surface area contributed by atoms with Gasteiger partial charge in [-0.15, -0.1) is 0 Å². The maximum absolute atomic E-state index is 6.30. The van der Waals surface area contributed by atoms with E-state index in [9.17, 15) is 0 Å². The number of hydrogen-bond donors (Lipinski definition) is 0. The van der Waals surface area contributed by atoms with Crippen molar-refractivity contribution in [3.8, 4) is 113 Å². The second kappa shape index (κ2) is 25.8. The Hall–Kier alpha value is -14.5. The molecule has 15 aromatic carbocycles. The predicted molar refractivity (Wildman–Crippen MR) is 432 cm³/mol. The highest BCUT2D eigenvalue weighted by molar-refractivity contribution is 6.14. The third kappa shape index (κ3) is 11.1. The average molecular weight is 1360 g/mol. The van der Waals surface area contributed by atoms with Crippen LogP contribution in [0.5, 0.6) is 0 Å². The number of fused-ring (bicyclic) bond motifs is 12. The number of benzene rings is 15. The lowest BCUT2D eigenvalue weighted by atomic mass is 9.99. The predicted octanol–water partition coefficient (Wildman–Crippen LogP) is 24.7. The number of aromatic nitrogens is 8. The Morgan fingerprint density at radius 1 is 0.160 bits per heavy atom. The molecule has 0 amide bonds. The third-order valence-electron chi connectivity index (χ3n) is 20.2. The molecule has 0 aliphatic carbocycles. The van der Waals surface area contributed by atoms with Crippen molar-refractivity contribution in [3.05, 3.63) is 364 Å². The van der Waals surface area contributed by atoms with E-state index in [0.717, 1.165) is 149 Å². The monoisotopic (exact) mass is 1360 g/mol. The van der Waals surface area contributed by atoms with Crippen LogP contribution in [-0.2, 0) is 0 Å². The molecule has 6 aromatic heterocycles. The lowest BCUT2D eigenvalue weighted by Gasteiger charge is -2.11. The minimum absolute atomic E-state index is 0.570. The van der Waals surface area contributed by atoms with Gasteiger partial charge in [-0.05, 0) is 134 Å². The largest absolute Gasteiger partial charge is 0.456 e. The molecule has 0 bridgehead atoms. The summed E-state index contributed by atoms with van der Waals surface area (Å²) in [7, 11) is 0. The third-order valence-corrected chi connectivity index (χ3v) is 20.2. The second-order valence-electron chi connectivity index (χ2n) is 26.6. The summed E-state index contributed by atoms with van der Waals surface area (Å²) < 4.78 is 16.8. The minimum atomic E-state index is 0.570. The van der Waals surface area contributed by atoms with E-state index in [1.807, 2.05) is 121 Å². The van der Waals surface area contributed by atoms with Crippen LogP contribution in [0.25, 0.3) is 201 Å². The molecular formula is C96H60N8O2. The summed E-state index contributed by atoms with van der Waals surface area (Å²) in [6.45, 7) is 0. The fourth-order valence-corrected chi connectivity index (χ4v) is 14.9. The molecule has 10 heteroatoms. The Labute approximate surface area is 608 Å². The topological polar surface area (TPSA) is 113 Å². The molecule has 0 atom stereocenters. The summed E-state index contributed by atoms with van der Waals surface area (Å²) in [6, 6.07) is 126. The summed E-state index contributed by atoms with van der Waals surface area (Å²) in [5.41, 5.74) is 22.8. The number of rotatable bonds is 11. The van der Waals surface area contributed by atoms with E-state index in [0.29, 0.717) is 35.2 Å². The summed E-state index contributed by atoms with van der Waals surface area (Å²) >= 11 is 0. The van der Waals surface area contributed by atoms with E-state index < -0.39 is 0 Å². The van der Waals surface area contributed by atoms with E-state index in [1.165, 1.54) is 16.7 Å². The van der Waals surface area contributed by atoms with Gasteiger partial charge in [-0.25, -0.2) is 9.97 Å². The van der Waals surface area contributed by atoms with Crippen LogP contribution in [0.15, 0.2) is 373 Å². The first-order chi connectivity index (χ1) is 52.5. The van der Waals surface area contributed by atoms with Gasteiger partial charge in [0.1, 0.15) is 22.3 Å². The lowest BCUT2D eigenvalue weighted by Crippen LogP contribution is -2.06. The van der Waals surface area contributed by atoms with Gasteiger partial charge < -0.3 is 8.83 Å². The minimum Gasteiger partial charge on any atom is -0.456 e. The summed E-state index contributed by atoms with van der Waals surface area (Å²) in [6.07, 6.45) is 0. The van der Waals surface area contributed by atoms with E-state index in [4.69, 9.17) is 38.7 Å². The van der Waals surface area contributed by atoms with Gasteiger partial charge in [0.15, 0.2) is 23.3 Å². The highest BCUT2D eigenvalue weighted by Gasteiger charge is 2.23. The van der Waals surface area contributed by atoms with E-state index in [2.05, 4.69) is 252 Å². The van der Waals surface area contributed by atoms with Gasteiger partial charge in [0.25, 0.3) is 0 Å². The van der Waals surface area contributed by atoms with Crippen LogP contribution >= 0.6 is 0 Å². The molecule has 0 N–H and O–H groups in total. The zero-order valence-electron chi connectivity index (χ0n) is 57.0. The molecule has 0 aliphatic heterocycles. The first-order valence-corrected chi connectivity index (χ1v) is 35.5. The smallest absolute Gasteiger partial charge is 0.238 e. The molecule has 496 valence electrons. The van der Waals surface area contributed by atoms with Crippen molar-refractivity contribution in [2.45, 2.75) is 0 Å². The van der Waals surface area contributed by atoms with Crippen molar-refractivity contribution < 1.29 is 8.83 Å². The Bertz CT molecular complexity index is 6860. The molecule has 0 saturated carbocycles. The fraction of sp³-hybridized carbons (Fsp3) is 0. The molecule has 10 nitrogen and oxygen atoms in total. The van der Waals surface area contributed by atoms with E-state index in [-0.39, 0.29) is 0 Å². The highest BCUT2D eigenvalue weighted by Crippen LogP contribution is 2.42. The van der Waals surface area contributed by atoms with Gasteiger partial charge in [0.2, 0.25) is 11.9 Å². The zero-order valence-corrected chi connectivity index (χ0v) is 57.0. The number of furan rings is 2. The molecule has 0 saturated heterocycles. The van der Waals surface area contributed by atoms with Crippen molar-refractivity contribution in [2.24, 2.45) is 0 Å². The molecule has 0 unspecified atom stereocenters. The molecule has 0 radical (unpaired) electrons. The Morgan fingerprint density at radius 3 is 0.877 bits per heavy atom. The quantitative estimate of drug-likeness (QED) is 0.126. The average Bonchev–Trinajstić information content (AvgIpc) is 1.58. The summed E-state index contributed by atoms with van der Waals surface area (Å²) in [4.78, 5) is 30.6. The molecular weight excluding hydrogens is 1300 g/mol. The van der Waals surface area contributed by atoms with Crippen LogP contribution in [0.2, 0.25) is 0 Å². The van der Waals surface area contributed by atoms with Crippen molar-refractivity contribution >= 4 is 87.5 Å². The molecule has 6 heterocycles. The van der Waals surface area contributed by atoms with Crippen LogP contribution < -0.4 is 0 Å². The number of nitrogens with zero attached hydrogens (tertiary/aromatic N) is 8. The zero-order chi connectivity index (χ0) is 70.0. The van der Waals surface area contributed by atoms with Crippen molar-refractivity contribution in [1.29, 1.82) is 0 Å². The summed E-state index contributed by atoms with van der Waals surface area (Å²) in [5, 5.41) is 8.93. The molecule has 106 heavy (non-hydrogen) atoms. The van der Waals surface area contributed by atoms with E-state index >= 15 is 0 Å². The summed E-state index contributed by atoms with van der Waals surface area (Å²) in [5.74, 6) is 3.63. The molecule has 21 aromatic rings. The Balaban J connectivity index is 0.000000141. The SMILES string of the molecule is c1ccc(-c2ccc(-c3nc(-c4ccccc4)nc(-n4c5ccccc5c5cc(-c6ccc7oc8ccc(-c9ccccc9)cc8c7c6)ccc54)n3)cc2)cc1.c1ccc(-c2ccc3c4cc(-c5ccc6oc7ccccc7c6c5)ccc4n(-c4nc(-c5ccccc5)nc(-c5ccccc5)n4)c3c2)cc1. The van der Waals surface area contributed by atoms with Crippen molar-refractivity contribution in [3.63, 3.8) is 0 Å². The Kier molecular flexibility index (Phi) is 15.0. The first kappa shape index (κ1) is 61.4. The van der Waals surface area contributed by atoms with Crippen LogP contribution in [0.1, 0.15) is 0 Å². The first-order valence-electron chi connectivity index (χ1n) is 35.5. The second-order valence-corrected chi connectivity index (χ2v) is 26.6. The van der Waals surface area contributed by atoms with Gasteiger partial charge in [-0.1, -0.05) is 285 Å². The van der Waals surface area contributed by atoms with Crippen LogP contribution in [-0.4, -0.2) is 39.0 Å². The fourth-order valence-electron chi connectivity index (χ4n) is 14.9. The Morgan fingerprint density at radius 2 is 0.425 bits per heavy atom. The number of para-hydroxylation sites is 2. The molecule has 0 spiro atoms. The number of hydrogen-bond acceptors (Lipinski definition) is 8. The van der Waals surface area contributed by atoms with E-state index in [1.54, 1.807) is 0 Å². The van der Waals surface area contributed by atoms with Gasteiger partial charge in [0.05, 0.1) is 22.1 Å². The van der Waals surface area contributed by atoms with Crippen LogP contribution in [0.4, 0.5) is 0 Å². The van der Waals surface area contributed by atoms with Crippen LogP contribution in [0.3, 0.4) is 0 Å². The maximum atomic E-state index is 6.30. The molecule has 0 aliphatic rings. The van der Waals surface area contributed by atoms with Gasteiger partial charge in [-0.3, -0.25) is 9.13 Å². The van der Waals surface area contributed by atoms with Crippen LogP contribution in [0, 0.1) is 0 Å². The lowest BCUT2D eigenvalue weighted by molar-refractivity contribution is 0.668.